The molecule has 0 saturated carbocycles. The Morgan fingerprint density at radius 1 is 0.255 bits per heavy atom. The molecule has 0 spiro atoms. The van der Waals surface area contributed by atoms with Gasteiger partial charge in [0.05, 0.1) is 134 Å². The van der Waals surface area contributed by atoms with Crippen LogP contribution in [-0.4, -0.2) is 125 Å². The Morgan fingerprint density at radius 2 is 0.553 bits per heavy atom. The molecule has 0 aliphatic rings. The van der Waals surface area contributed by atoms with E-state index in [0.29, 0.717) is 16.7 Å². The molecule has 0 aliphatic heterocycles. The zero-order chi connectivity index (χ0) is 93.6. The predicted molar refractivity (Wildman–Crippen MR) is 561 cm³/mol. The van der Waals surface area contributed by atoms with Gasteiger partial charge in [0.25, 0.3) is 0 Å². The van der Waals surface area contributed by atoms with Crippen LogP contribution < -0.4 is 5.73 Å². The van der Waals surface area contributed by atoms with E-state index in [1.807, 2.05) is 213 Å². The summed E-state index contributed by atoms with van der Waals surface area (Å²) in [6, 6.07) is 82.5. The summed E-state index contributed by atoms with van der Waals surface area (Å²) in [5, 5.41) is 15.4. The van der Waals surface area contributed by atoms with Crippen molar-refractivity contribution in [3.63, 3.8) is 0 Å². The first-order valence-electron chi connectivity index (χ1n) is 45.2. The molecule has 20 heterocycles. The van der Waals surface area contributed by atoms with Crippen LogP contribution in [0.1, 0.15) is 0 Å². The number of pyridine rings is 10. The van der Waals surface area contributed by atoms with Crippen LogP contribution in [0.4, 0.5) is 15.8 Å². The number of aromatic nitrogens is 25. The molecule has 0 amide bonds. The molecular formula is C112H67ClFN27. The highest BCUT2D eigenvalue weighted by molar-refractivity contribution is 6.35. The number of anilines is 1. The van der Waals surface area contributed by atoms with Crippen LogP contribution >= 0.6 is 11.6 Å². The van der Waals surface area contributed by atoms with Crippen molar-refractivity contribution in [2.24, 2.45) is 0 Å². The largest absolute Gasteiger partial charge is 0.399 e. The number of nitrogens with one attached hydrogen (secondary N) is 10. The quantitative estimate of drug-likeness (QED) is 0.0418. The van der Waals surface area contributed by atoms with Gasteiger partial charge in [0.2, 0.25) is 0 Å². The number of imidazole rings is 5. The number of benzene rings is 11. The third kappa shape index (κ3) is 13.2. The molecule has 0 saturated heterocycles. The molecular weight excluding hydrogens is 1780 g/mol. The maximum absolute atomic E-state index is 13.8. The van der Waals surface area contributed by atoms with Gasteiger partial charge < -0.3 is 55.6 Å². The third-order valence-corrected chi connectivity index (χ3v) is 26.4. The van der Waals surface area contributed by atoms with Gasteiger partial charge in [-0.25, -0.2) is 34.2 Å². The molecule has 11 aromatic carbocycles. The highest BCUT2D eigenvalue weighted by atomic mass is 35.5. The molecule has 0 aliphatic carbocycles. The monoisotopic (exact) mass is 1840 g/mol. The lowest BCUT2D eigenvalue weighted by atomic mass is 10.0. The molecule has 31 rings (SSSR count). The lowest BCUT2D eigenvalue weighted by molar-refractivity contribution is 0.630. The van der Waals surface area contributed by atoms with Crippen LogP contribution in [-0.2, 0) is 0 Å². The van der Waals surface area contributed by atoms with Crippen LogP contribution in [0.2, 0.25) is 5.15 Å². The van der Waals surface area contributed by atoms with Crippen molar-refractivity contribution in [1.82, 2.24) is 125 Å². The molecule has 0 unspecified atom stereocenters. The van der Waals surface area contributed by atoms with E-state index in [-0.39, 0.29) is 5.82 Å². The molecule has 20 aromatic heterocycles. The summed E-state index contributed by atoms with van der Waals surface area (Å²) in [5.74, 6) is 3.52. The fourth-order valence-electron chi connectivity index (χ4n) is 19.9. The second kappa shape index (κ2) is 32.4. The molecule has 0 radical (unpaired) electrons. The van der Waals surface area contributed by atoms with E-state index < -0.39 is 0 Å². The van der Waals surface area contributed by atoms with Gasteiger partial charge >= 0.3 is 0 Å². The summed E-state index contributed by atoms with van der Waals surface area (Å²) in [6.07, 6.45) is 23.6. The van der Waals surface area contributed by atoms with E-state index in [4.69, 9.17) is 48.8 Å². The zero-order valence-electron chi connectivity index (χ0n) is 73.7. The molecule has 0 bridgehead atoms. The summed E-state index contributed by atoms with van der Waals surface area (Å²) in [5.41, 5.74) is 36.8. The minimum atomic E-state index is -0.274. The average Bonchev–Trinajstić information content (AvgIpc) is 1.61. The van der Waals surface area contributed by atoms with E-state index in [2.05, 4.69) is 159 Å². The smallest absolute Gasteiger partial charge is 0.188 e. The van der Waals surface area contributed by atoms with E-state index in [1.54, 1.807) is 55.6 Å². The van der Waals surface area contributed by atoms with Gasteiger partial charge in [-0.3, -0.25) is 49.8 Å². The van der Waals surface area contributed by atoms with Crippen molar-refractivity contribution in [2.45, 2.75) is 0 Å². The lowest BCUT2D eigenvalue weighted by Crippen LogP contribution is -1.86. The van der Waals surface area contributed by atoms with Gasteiger partial charge in [-0.2, -0.15) is 0 Å². The first-order chi connectivity index (χ1) is 69.6. The van der Waals surface area contributed by atoms with Gasteiger partial charge in [0, 0.05) is 206 Å². The summed E-state index contributed by atoms with van der Waals surface area (Å²) < 4.78 is 13.8. The molecule has 12 N–H and O–H groups in total. The average molecular weight is 1850 g/mol. The number of hydrogen-bond acceptors (Lipinski definition) is 16. The van der Waals surface area contributed by atoms with Gasteiger partial charge in [-0.05, 0) is 193 Å². The van der Waals surface area contributed by atoms with Gasteiger partial charge in [0.15, 0.2) is 5.69 Å². The maximum atomic E-state index is 13.8. The van der Waals surface area contributed by atoms with Crippen LogP contribution in [0.25, 0.3) is 292 Å². The molecule has 141 heavy (non-hydrogen) atoms. The highest BCUT2D eigenvalue weighted by Gasteiger charge is 2.27. The first kappa shape index (κ1) is 80.7. The van der Waals surface area contributed by atoms with Crippen LogP contribution in [0.3, 0.4) is 0 Å². The number of para-hydroxylation sites is 2. The van der Waals surface area contributed by atoms with Crippen molar-refractivity contribution >= 4 is 242 Å². The molecule has 27 nitrogen and oxygen atoms in total. The van der Waals surface area contributed by atoms with Crippen LogP contribution in [0.5, 0.6) is 0 Å². The number of hydrogen-bond donors (Lipinski definition) is 11. The van der Waals surface area contributed by atoms with Gasteiger partial charge in [-0.15, -0.1) is 0 Å². The Balaban J connectivity index is 0.0000000884. The number of fused-ring (bicyclic) bond motifs is 35. The van der Waals surface area contributed by atoms with E-state index in [9.17, 15) is 4.39 Å². The molecule has 0 fully saturated rings. The number of rotatable bonds is 6. The minimum Gasteiger partial charge on any atom is -0.399 e. The van der Waals surface area contributed by atoms with Crippen molar-refractivity contribution < 1.29 is 4.39 Å². The summed E-state index contributed by atoms with van der Waals surface area (Å²) in [4.78, 5) is 108. The zero-order valence-corrected chi connectivity index (χ0v) is 74.5. The standard InChI is InChI=1S/C27H17N5.C22H12N6.C21H12ClN5.C21H12FN5.C21H14N6/c1-2-8-16(9-3-1)22-21(17-10-4-5-13-20(17)30-22)27-31-25-18-11-6-14-28-23(18)24-19(26(25)32-27)12-7-15-29-24;1-23-12-6-7-17-15(10-12)16(11-26-17)22-27-20-13-4-2-8-24-18(13)19-14(21(20)28-22)5-3-9-25-19;22-20-15(11-5-1-2-8-14(11)25-20)21-26-18-12-6-3-9-23-16(12)17-13(19(18)27-21)7-4-10-24-17;2*22-11-5-6-16-14(9-11)15(10-25-16)21-26-19-12-3-1-7-23-17(12)18-13(20(19)27-21)4-2-8-24-18/h1-15,30H,(H,31,32);2-11,26H,(H,27,28);2*1-10,25H,(H,26,27);1-10,25H,22H2,(H,26,27). The Kier molecular flexibility index (Phi) is 18.6. The lowest BCUT2D eigenvalue weighted by Gasteiger charge is -2.03. The summed E-state index contributed by atoms with van der Waals surface area (Å²) >= 11 is 6.53. The SMILES string of the molecule is Clc1[nH]c2ccccc2c1-c1nc2c3cccnc3c3ncccc3c2[nH]1.Fc1ccc2[nH]cc(-c3nc4c5cccnc5c5ncccc5c4[nH]3)c2c1.Nc1ccc2[nH]cc(-c3nc4c5cccnc5c5ncccc5c4[nH]3)c2c1.[C-]#[N+]c1ccc2[nH]cc(-c3nc4c5cccnc5c5ncccc5c4[nH]3)c2c1.c1ccc(-c2[nH]c3ccccc3c2-c2nc3c4cccnc4c4ncccc4c3[nH]2)cc1. The van der Waals surface area contributed by atoms with E-state index in [0.717, 1.165) is 287 Å². The van der Waals surface area contributed by atoms with Crippen LogP contribution in [0.15, 0.2) is 335 Å². The molecule has 664 valence electrons. The van der Waals surface area contributed by atoms with Crippen molar-refractivity contribution in [3.8, 4) is 68.2 Å². The number of nitrogens with two attached hydrogens (primary N) is 1. The molecule has 0 atom stereocenters. The number of H-pyrrole nitrogens is 10. The van der Waals surface area contributed by atoms with Crippen molar-refractivity contribution in [1.29, 1.82) is 0 Å². The molecule has 31 aromatic rings. The Morgan fingerprint density at radius 3 is 0.943 bits per heavy atom. The van der Waals surface area contributed by atoms with Gasteiger partial charge in [0.1, 0.15) is 40.1 Å². The van der Waals surface area contributed by atoms with E-state index >= 15 is 0 Å². The fourth-order valence-corrected chi connectivity index (χ4v) is 20.2. The van der Waals surface area contributed by atoms with Crippen molar-refractivity contribution in [2.75, 3.05) is 5.73 Å². The topological polar surface area (TPSA) is 382 Å². The Hall–Kier alpha value is -19.9. The van der Waals surface area contributed by atoms with Gasteiger partial charge in [-0.1, -0.05) is 84.4 Å². The highest BCUT2D eigenvalue weighted by Crippen LogP contribution is 2.46. The number of halogens is 2. The van der Waals surface area contributed by atoms with Crippen LogP contribution in [0, 0.1) is 12.4 Å². The van der Waals surface area contributed by atoms with E-state index in [1.165, 1.54) is 12.1 Å². The normalized spacial score (nSPS) is 11.8. The number of nitrogens with zero attached hydrogens (tertiary/aromatic N) is 16. The maximum Gasteiger partial charge on any atom is 0.188 e. The second-order valence-electron chi connectivity index (χ2n) is 34.1. The number of nitrogen functional groups attached to an aromatic ring is 1. The molecule has 29 heteroatoms. The first-order valence-corrected chi connectivity index (χ1v) is 45.6. The summed E-state index contributed by atoms with van der Waals surface area (Å²) in [6.45, 7) is 7.29. The third-order valence-electron chi connectivity index (χ3n) is 26.2. The second-order valence-corrected chi connectivity index (χ2v) is 34.5. The Bertz CT molecular complexity index is 10000. The number of aromatic amines is 10. The Labute approximate surface area is 797 Å². The minimum absolute atomic E-state index is 0.274. The predicted octanol–water partition coefficient (Wildman–Crippen LogP) is 26.6. The fraction of sp³-hybridized carbons (Fsp3) is 0. The van der Waals surface area contributed by atoms with Crippen molar-refractivity contribution in [3.05, 3.63) is 358 Å². The summed E-state index contributed by atoms with van der Waals surface area (Å²) in [7, 11) is 0.